The van der Waals surface area contributed by atoms with Crippen molar-refractivity contribution in [2.24, 2.45) is 5.92 Å². The van der Waals surface area contributed by atoms with E-state index in [0.717, 1.165) is 4.90 Å². The molecular weight excluding hydrogens is 434 g/mol. The Hall–Kier alpha value is -3.75. The summed E-state index contributed by atoms with van der Waals surface area (Å²) in [5, 5.41) is 13.1. The summed E-state index contributed by atoms with van der Waals surface area (Å²) in [6.45, 7) is 0. The fourth-order valence-corrected chi connectivity index (χ4v) is 4.46. The quantitative estimate of drug-likeness (QED) is 0.335. The van der Waals surface area contributed by atoms with Crippen molar-refractivity contribution in [2.75, 3.05) is 9.96 Å². The summed E-state index contributed by atoms with van der Waals surface area (Å²) in [5.41, 5.74) is 1.21. The van der Waals surface area contributed by atoms with E-state index in [0.29, 0.717) is 16.9 Å². The molecule has 0 unspecified atom stereocenters. The van der Waals surface area contributed by atoms with Crippen LogP contribution in [0.3, 0.4) is 0 Å². The van der Waals surface area contributed by atoms with Crippen molar-refractivity contribution < 1.29 is 19.3 Å². The maximum absolute atomic E-state index is 13.5. The van der Waals surface area contributed by atoms with Crippen LogP contribution in [0.2, 0.25) is 5.02 Å². The van der Waals surface area contributed by atoms with E-state index in [1.807, 2.05) is 6.07 Å². The lowest BCUT2D eigenvalue weighted by molar-refractivity contribution is -0.384. The molecule has 0 aromatic heterocycles. The predicted octanol–water partition coefficient (Wildman–Crippen LogP) is 4.30. The Morgan fingerprint density at radius 3 is 2.12 bits per heavy atom. The number of amides is 2. The van der Waals surface area contributed by atoms with Crippen LogP contribution in [0.5, 0.6) is 0 Å². The molecule has 3 aromatic carbocycles. The number of fused-ring (bicyclic) bond motifs is 1. The van der Waals surface area contributed by atoms with Gasteiger partial charge in [-0.15, -0.1) is 0 Å². The van der Waals surface area contributed by atoms with Crippen molar-refractivity contribution in [3.8, 4) is 0 Å². The molecule has 2 fully saturated rings. The number of para-hydroxylation sites is 2. The van der Waals surface area contributed by atoms with Crippen LogP contribution >= 0.6 is 11.6 Å². The van der Waals surface area contributed by atoms with E-state index >= 15 is 0 Å². The smallest absolute Gasteiger partial charge is 0.269 e. The number of anilines is 2. The first-order chi connectivity index (χ1) is 15.5. The Bertz CT molecular complexity index is 1220. The first-order valence-electron chi connectivity index (χ1n) is 9.85. The fraction of sp³-hybridized carbons (Fsp3) is 0.130. The molecule has 2 saturated heterocycles. The minimum atomic E-state index is -1.08. The Morgan fingerprint density at radius 1 is 0.875 bits per heavy atom. The van der Waals surface area contributed by atoms with Gasteiger partial charge in [-0.05, 0) is 30.3 Å². The van der Waals surface area contributed by atoms with Crippen molar-refractivity contribution in [1.82, 2.24) is 0 Å². The summed E-state index contributed by atoms with van der Waals surface area (Å²) in [7, 11) is 0. The van der Waals surface area contributed by atoms with Gasteiger partial charge in [0.1, 0.15) is 5.92 Å². The van der Waals surface area contributed by atoms with Crippen LogP contribution in [0, 0.1) is 16.0 Å². The number of imide groups is 1. The number of nitro benzene ring substituents is 1. The van der Waals surface area contributed by atoms with Crippen molar-refractivity contribution in [1.29, 1.82) is 0 Å². The normalized spacial score (nSPS) is 22.3. The maximum Gasteiger partial charge on any atom is 0.269 e. The van der Waals surface area contributed by atoms with Gasteiger partial charge in [-0.1, -0.05) is 48.0 Å². The van der Waals surface area contributed by atoms with Crippen LogP contribution < -0.4 is 9.96 Å². The topological polar surface area (TPSA) is 93.0 Å². The molecule has 32 heavy (non-hydrogen) atoms. The largest absolute Gasteiger partial charge is 0.273 e. The van der Waals surface area contributed by atoms with Crippen LogP contribution in [0.1, 0.15) is 11.6 Å². The average molecular weight is 450 g/mol. The first-order valence-corrected chi connectivity index (χ1v) is 10.2. The van der Waals surface area contributed by atoms with Crippen molar-refractivity contribution in [2.45, 2.75) is 12.1 Å². The number of carbonyl (C=O) groups is 2. The lowest BCUT2D eigenvalue weighted by Crippen LogP contribution is -2.37. The second-order valence-corrected chi connectivity index (χ2v) is 7.88. The number of rotatable bonds is 4. The zero-order valence-electron chi connectivity index (χ0n) is 16.5. The van der Waals surface area contributed by atoms with Gasteiger partial charge < -0.3 is 0 Å². The number of hydroxylamine groups is 1. The van der Waals surface area contributed by atoms with Crippen molar-refractivity contribution in [3.05, 3.63) is 99.6 Å². The molecule has 0 radical (unpaired) electrons. The Morgan fingerprint density at radius 2 is 1.50 bits per heavy atom. The van der Waals surface area contributed by atoms with Gasteiger partial charge in [0.25, 0.3) is 11.6 Å². The Labute approximate surface area is 187 Å². The summed E-state index contributed by atoms with van der Waals surface area (Å²) < 4.78 is 0. The zero-order chi connectivity index (χ0) is 22.4. The fourth-order valence-electron chi connectivity index (χ4n) is 4.23. The zero-order valence-corrected chi connectivity index (χ0v) is 17.3. The van der Waals surface area contributed by atoms with Crippen LogP contribution in [0.25, 0.3) is 0 Å². The van der Waals surface area contributed by atoms with Gasteiger partial charge >= 0.3 is 0 Å². The molecule has 2 amide bonds. The van der Waals surface area contributed by atoms with Crippen molar-refractivity contribution >= 4 is 40.5 Å². The summed E-state index contributed by atoms with van der Waals surface area (Å²) in [6.07, 6.45) is -1.08. The van der Waals surface area contributed by atoms with E-state index in [1.165, 1.54) is 23.3 Å². The number of carbonyl (C=O) groups excluding carboxylic acids is 2. The maximum atomic E-state index is 13.5. The molecule has 0 N–H and O–H groups in total. The van der Waals surface area contributed by atoms with Crippen LogP contribution in [0.15, 0.2) is 78.9 Å². The number of nitro groups is 1. The Balaban J connectivity index is 1.64. The van der Waals surface area contributed by atoms with Gasteiger partial charge in [-0.2, -0.15) is 0 Å². The van der Waals surface area contributed by atoms with E-state index < -0.39 is 34.8 Å². The molecule has 160 valence electrons. The Kier molecular flexibility index (Phi) is 4.88. The molecule has 3 atom stereocenters. The predicted molar refractivity (Wildman–Crippen MR) is 117 cm³/mol. The van der Waals surface area contributed by atoms with E-state index in [4.69, 9.17) is 16.4 Å². The highest BCUT2D eigenvalue weighted by Gasteiger charge is 2.60. The minimum Gasteiger partial charge on any atom is -0.273 e. The van der Waals surface area contributed by atoms with Gasteiger partial charge in [-0.25, -0.2) is 9.96 Å². The number of hydrogen-bond acceptors (Lipinski definition) is 6. The van der Waals surface area contributed by atoms with Crippen LogP contribution in [-0.4, -0.2) is 22.8 Å². The SMILES string of the molecule is O=C1[C@@H]2[C@@H](c3cc([N+](=O)[O-])ccc3Cl)N(c3ccccc3)O[C@H]2C(=O)N1c1ccccc1. The van der Waals surface area contributed by atoms with Gasteiger partial charge in [0.2, 0.25) is 5.91 Å². The van der Waals surface area contributed by atoms with E-state index in [9.17, 15) is 19.7 Å². The molecule has 0 saturated carbocycles. The van der Waals surface area contributed by atoms with Crippen molar-refractivity contribution in [3.63, 3.8) is 0 Å². The van der Waals surface area contributed by atoms with Crippen LogP contribution in [0.4, 0.5) is 17.1 Å². The molecule has 2 aliphatic rings. The number of benzene rings is 3. The van der Waals surface area contributed by atoms with Gasteiger partial charge in [0.05, 0.1) is 22.3 Å². The molecule has 0 bridgehead atoms. The van der Waals surface area contributed by atoms with E-state index in [-0.39, 0.29) is 10.7 Å². The third kappa shape index (κ3) is 3.12. The summed E-state index contributed by atoms with van der Waals surface area (Å²) in [5.74, 6) is -1.86. The molecule has 5 rings (SSSR count). The third-order valence-electron chi connectivity index (χ3n) is 5.65. The summed E-state index contributed by atoms with van der Waals surface area (Å²) >= 11 is 6.45. The van der Waals surface area contributed by atoms with E-state index in [1.54, 1.807) is 54.6 Å². The van der Waals surface area contributed by atoms with E-state index in [2.05, 4.69) is 0 Å². The summed E-state index contributed by atoms with van der Waals surface area (Å²) in [4.78, 5) is 44.7. The molecule has 9 heteroatoms. The molecule has 2 heterocycles. The second-order valence-electron chi connectivity index (χ2n) is 7.47. The average Bonchev–Trinajstić information content (AvgIpc) is 3.31. The third-order valence-corrected chi connectivity index (χ3v) is 5.99. The highest BCUT2D eigenvalue weighted by atomic mass is 35.5. The number of non-ortho nitro benzene ring substituents is 1. The minimum absolute atomic E-state index is 0.169. The van der Waals surface area contributed by atoms with Gasteiger partial charge in [0, 0.05) is 22.7 Å². The number of halogens is 1. The highest BCUT2D eigenvalue weighted by molar-refractivity contribution is 6.31. The lowest BCUT2D eigenvalue weighted by atomic mass is 9.90. The summed E-state index contributed by atoms with van der Waals surface area (Å²) in [6, 6.07) is 20.7. The highest BCUT2D eigenvalue weighted by Crippen LogP contribution is 2.49. The first kappa shape index (κ1) is 20.2. The molecule has 3 aromatic rings. The van der Waals surface area contributed by atoms with Gasteiger partial charge in [0.15, 0.2) is 6.10 Å². The monoisotopic (exact) mass is 449 g/mol. The second kappa shape index (κ2) is 7.74. The molecule has 2 aliphatic heterocycles. The van der Waals surface area contributed by atoms with Crippen LogP contribution in [-0.2, 0) is 14.4 Å². The number of hydrogen-bond donors (Lipinski definition) is 0. The molecule has 8 nitrogen and oxygen atoms in total. The lowest BCUT2D eigenvalue weighted by Gasteiger charge is -2.29. The molecule has 0 aliphatic carbocycles. The van der Waals surface area contributed by atoms with Gasteiger partial charge in [-0.3, -0.25) is 24.5 Å². The standard InChI is InChI=1S/C23H16ClN3O5/c24-18-12-11-16(27(30)31)13-17(18)20-19-21(32-26(20)15-9-5-2-6-10-15)23(29)25(22(19)28)14-7-3-1-4-8-14/h1-13,19-21H/t19-,20-,21-/m1/s1. The molecular formula is C23H16ClN3O5. The number of nitrogens with zero attached hydrogens (tertiary/aromatic N) is 3. The molecule has 0 spiro atoms.